The van der Waals surface area contributed by atoms with E-state index in [9.17, 15) is 0 Å². The molecule has 0 unspecified atom stereocenters. The molecule has 0 bridgehead atoms. The number of benzene rings is 2. The third-order valence-corrected chi connectivity index (χ3v) is 2.94. The molecule has 0 saturated heterocycles. The molecule has 2 aromatic carbocycles. The highest BCUT2D eigenvalue weighted by Crippen LogP contribution is 2.16. The molecular weight excluding hydrogens is 294 g/mol. The third kappa shape index (κ3) is 5.38. The molecule has 0 aliphatic heterocycles. The lowest BCUT2D eigenvalue weighted by molar-refractivity contribution is 0.415. The highest BCUT2D eigenvalue weighted by Gasteiger charge is 1.97. The van der Waals surface area contributed by atoms with E-state index in [2.05, 4.69) is 15.8 Å². The van der Waals surface area contributed by atoms with E-state index in [1.807, 2.05) is 66.7 Å². The fourth-order valence-electron chi connectivity index (χ4n) is 1.72. The summed E-state index contributed by atoms with van der Waals surface area (Å²) in [4.78, 5) is 0. The first-order valence-electron chi connectivity index (χ1n) is 6.74. The Bertz CT molecular complexity index is 669. The minimum atomic E-state index is 0.414. The largest absolute Gasteiger partial charge is 0.497 e. The van der Waals surface area contributed by atoms with Gasteiger partial charge in [0.1, 0.15) is 5.75 Å². The molecule has 2 rings (SSSR count). The molecule has 2 aromatic rings. The summed E-state index contributed by atoms with van der Waals surface area (Å²) in [6.07, 6.45) is 5.45. The second-order valence-corrected chi connectivity index (χ2v) is 4.75. The third-order valence-electron chi connectivity index (χ3n) is 2.74. The van der Waals surface area contributed by atoms with Gasteiger partial charge in [0.15, 0.2) is 5.11 Å². The van der Waals surface area contributed by atoms with Gasteiger partial charge in [-0.2, -0.15) is 5.10 Å². The second-order valence-electron chi connectivity index (χ2n) is 4.35. The Balaban J connectivity index is 1.80. The number of methoxy groups -OCH3 is 1. The van der Waals surface area contributed by atoms with Gasteiger partial charge in [-0.25, -0.2) is 0 Å². The highest BCUT2D eigenvalue weighted by molar-refractivity contribution is 7.80. The van der Waals surface area contributed by atoms with Crippen LogP contribution in [0.4, 0.5) is 5.69 Å². The van der Waals surface area contributed by atoms with E-state index in [0.29, 0.717) is 5.11 Å². The number of nitrogens with one attached hydrogen (secondary N) is 2. The summed E-state index contributed by atoms with van der Waals surface area (Å²) in [6, 6.07) is 17.5. The van der Waals surface area contributed by atoms with Gasteiger partial charge < -0.3 is 10.1 Å². The highest BCUT2D eigenvalue weighted by atomic mass is 32.1. The number of rotatable bonds is 5. The van der Waals surface area contributed by atoms with Crippen LogP contribution in [0.1, 0.15) is 5.56 Å². The lowest BCUT2D eigenvalue weighted by atomic mass is 10.2. The van der Waals surface area contributed by atoms with E-state index in [1.165, 1.54) is 0 Å². The molecule has 0 aromatic heterocycles. The van der Waals surface area contributed by atoms with E-state index in [0.717, 1.165) is 17.0 Å². The first-order valence-corrected chi connectivity index (χ1v) is 7.14. The Morgan fingerprint density at radius 2 is 1.95 bits per heavy atom. The molecule has 0 saturated carbocycles. The summed E-state index contributed by atoms with van der Waals surface area (Å²) >= 11 is 5.16. The van der Waals surface area contributed by atoms with Crippen LogP contribution in [0.25, 0.3) is 6.08 Å². The predicted octanol–water partition coefficient (Wildman–Crippen LogP) is 3.68. The van der Waals surface area contributed by atoms with Crippen molar-refractivity contribution in [2.75, 3.05) is 12.4 Å². The number of anilines is 1. The molecule has 5 heteroatoms. The number of nitrogens with zero attached hydrogens (tertiary/aromatic N) is 1. The first-order chi connectivity index (χ1) is 10.8. The van der Waals surface area contributed by atoms with Gasteiger partial charge in [-0.15, -0.1) is 0 Å². The molecule has 0 heterocycles. The van der Waals surface area contributed by atoms with Crippen LogP contribution in [0, 0.1) is 0 Å². The van der Waals surface area contributed by atoms with Crippen molar-refractivity contribution < 1.29 is 4.74 Å². The number of allylic oxidation sites excluding steroid dienone is 1. The van der Waals surface area contributed by atoms with E-state index >= 15 is 0 Å². The smallest absolute Gasteiger partial charge is 0.191 e. The van der Waals surface area contributed by atoms with Gasteiger partial charge in [0.2, 0.25) is 0 Å². The first kappa shape index (κ1) is 15.7. The SMILES string of the molecule is COc1cccc(NC(=S)N/N=C\C=C\c2ccccc2)c1. The lowest BCUT2D eigenvalue weighted by Crippen LogP contribution is -2.23. The fraction of sp³-hybridized carbons (Fsp3) is 0.0588. The molecule has 4 nitrogen and oxygen atoms in total. The summed E-state index contributed by atoms with van der Waals surface area (Å²) in [5.74, 6) is 0.766. The van der Waals surface area contributed by atoms with Crippen LogP contribution < -0.4 is 15.5 Å². The summed E-state index contributed by atoms with van der Waals surface area (Å²) in [5, 5.41) is 7.47. The second kappa shape index (κ2) is 8.59. The van der Waals surface area contributed by atoms with Crippen molar-refractivity contribution in [3.8, 4) is 5.75 Å². The lowest BCUT2D eigenvalue weighted by Gasteiger charge is -2.07. The molecule has 0 amide bonds. The van der Waals surface area contributed by atoms with E-state index < -0.39 is 0 Å². The van der Waals surface area contributed by atoms with Gasteiger partial charge in [0.05, 0.1) is 7.11 Å². The maximum absolute atomic E-state index is 5.16. The Morgan fingerprint density at radius 1 is 1.14 bits per heavy atom. The molecule has 0 radical (unpaired) electrons. The predicted molar refractivity (Wildman–Crippen MR) is 96.3 cm³/mol. The van der Waals surface area contributed by atoms with E-state index in [4.69, 9.17) is 17.0 Å². The monoisotopic (exact) mass is 311 g/mol. The topological polar surface area (TPSA) is 45.6 Å². The average molecular weight is 311 g/mol. The van der Waals surface area contributed by atoms with Gasteiger partial charge in [-0.3, -0.25) is 5.43 Å². The van der Waals surface area contributed by atoms with Gasteiger partial charge >= 0.3 is 0 Å². The Kier molecular flexibility index (Phi) is 6.14. The van der Waals surface area contributed by atoms with E-state index in [1.54, 1.807) is 13.3 Å². The minimum Gasteiger partial charge on any atom is -0.497 e. The zero-order chi connectivity index (χ0) is 15.6. The molecule has 22 heavy (non-hydrogen) atoms. The summed E-state index contributed by atoms with van der Waals surface area (Å²) < 4.78 is 5.15. The van der Waals surface area contributed by atoms with Gasteiger partial charge in [0.25, 0.3) is 0 Å². The maximum atomic E-state index is 5.16. The summed E-state index contributed by atoms with van der Waals surface area (Å²) in [7, 11) is 1.62. The van der Waals surface area contributed by atoms with Crippen LogP contribution >= 0.6 is 12.2 Å². The number of hydrazone groups is 1. The molecule has 0 aliphatic carbocycles. The zero-order valence-corrected chi connectivity index (χ0v) is 13.0. The number of hydrogen-bond acceptors (Lipinski definition) is 3. The summed E-state index contributed by atoms with van der Waals surface area (Å²) in [5.41, 5.74) is 4.71. The Morgan fingerprint density at radius 3 is 2.73 bits per heavy atom. The molecule has 2 N–H and O–H groups in total. The quantitative estimate of drug-likeness (QED) is 0.502. The van der Waals surface area contributed by atoms with Crippen LogP contribution in [-0.4, -0.2) is 18.4 Å². The molecule has 0 aliphatic rings. The molecule has 112 valence electrons. The van der Waals surface area contributed by atoms with Crippen LogP contribution in [0.5, 0.6) is 5.75 Å². The van der Waals surface area contributed by atoms with E-state index in [-0.39, 0.29) is 0 Å². The molecule has 0 atom stereocenters. The van der Waals surface area contributed by atoms with Crippen molar-refractivity contribution >= 4 is 35.3 Å². The molecule has 0 fully saturated rings. The van der Waals surface area contributed by atoms with Gasteiger partial charge in [-0.1, -0.05) is 42.5 Å². The van der Waals surface area contributed by atoms with Gasteiger partial charge in [-0.05, 0) is 36.0 Å². The zero-order valence-electron chi connectivity index (χ0n) is 12.2. The maximum Gasteiger partial charge on any atom is 0.191 e. The van der Waals surface area contributed by atoms with Crippen LogP contribution in [-0.2, 0) is 0 Å². The summed E-state index contributed by atoms with van der Waals surface area (Å²) in [6.45, 7) is 0. The number of hydrogen-bond donors (Lipinski definition) is 2. The number of thiocarbonyl (C=S) groups is 1. The minimum absolute atomic E-state index is 0.414. The van der Waals surface area contributed by atoms with Gasteiger partial charge in [0, 0.05) is 18.0 Å². The van der Waals surface area contributed by atoms with Crippen molar-refractivity contribution in [1.29, 1.82) is 0 Å². The van der Waals surface area contributed by atoms with Crippen LogP contribution in [0.3, 0.4) is 0 Å². The van der Waals surface area contributed by atoms with Crippen molar-refractivity contribution in [3.05, 3.63) is 66.2 Å². The standard InChI is InChI=1S/C17H17N3OS/c1-21-16-11-5-10-15(13-16)19-17(22)20-18-12-6-9-14-7-3-2-4-8-14/h2-13H,1H3,(H2,19,20,22)/b9-6+,18-12-. The van der Waals surface area contributed by atoms with Crippen molar-refractivity contribution in [2.24, 2.45) is 5.10 Å². The normalized spacial score (nSPS) is 10.8. The van der Waals surface area contributed by atoms with Crippen molar-refractivity contribution in [3.63, 3.8) is 0 Å². The van der Waals surface area contributed by atoms with Crippen molar-refractivity contribution in [1.82, 2.24) is 5.43 Å². The number of ether oxygens (including phenoxy) is 1. The Hall–Kier alpha value is -2.66. The molecular formula is C17H17N3OS. The van der Waals surface area contributed by atoms with Crippen LogP contribution in [0.15, 0.2) is 65.8 Å². The van der Waals surface area contributed by atoms with Crippen molar-refractivity contribution in [2.45, 2.75) is 0 Å². The van der Waals surface area contributed by atoms with Crippen LogP contribution in [0.2, 0.25) is 0 Å². The molecule has 0 spiro atoms. The average Bonchev–Trinajstić information content (AvgIpc) is 2.55. The fourth-order valence-corrected chi connectivity index (χ4v) is 1.89. The Labute approximate surface area is 135 Å².